The van der Waals surface area contributed by atoms with Gasteiger partial charge in [0.25, 0.3) is 0 Å². The molecule has 1 saturated heterocycles. The van der Waals surface area contributed by atoms with Gasteiger partial charge in [0.05, 0.1) is 4.90 Å². The van der Waals surface area contributed by atoms with E-state index in [9.17, 15) is 8.42 Å². The van der Waals surface area contributed by atoms with E-state index in [0.29, 0.717) is 33.5 Å². The van der Waals surface area contributed by atoms with E-state index in [1.54, 1.807) is 26.0 Å². The molecule has 1 aromatic carbocycles. The molecule has 0 aromatic heterocycles. The van der Waals surface area contributed by atoms with E-state index in [1.165, 1.54) is 0 Å². The predicted molar refractivity (Wildman–Crippen MR) is 92.5 cm³/mol. The number of anilines is 1. The second kappa shape index (κ2) is 7.23. The highest BCUT2D eigenvalue weighted by molar-refractivity contribution is 8.06. The highest BCUT2D eigenvalue weighted by Gasteiger charge is 2.22. The number of nitrogen functional groups attached to an aromatic ring is 1. The number of benzene rings is 1. The Morgan fingerprint density at radius 2 is 1.95 bits per heavy atom. The molecule has 0 saturated carbocycles. The number of aryl methyl sites for hydroxylation is 2. The van der Waals surface area contributed by atoms with Gasteiger partial charge in [0.1, 0.15) is 0 Å². The van der Waals surface area contributed by atoms with Crippen LogP contribution in [0.25, 0.3) is 0 Å². The van der Waals surface area contributed by atoms with Gasteiger partial charge in [0, 0.05) is 34.7 Å². The number of sulfonamides is 1. The normalized spacial score (nSPS) is 19.5. The first-order valence-electron chi connectivity index (χ1n) is 6.71. The summed E-state index contributed by atoms with van der Waals surface area (Å²) in [7, 11) is -3.49. The zero-order valence-corrected chi connectivity index (χ0v) is 14.6. The van der Waals surface area contributed by atoms with Gasteiger partial charge in [-0.2, -0.15) is 23.5 Å². The molecule has 1 fully saturated rings. The summed E-state index contributed by atoms with van der Waals surface area (Å²) in [6, 6.07) is 3.49. The lowest BCUT2D eigenvalue weighted by atomic mass is 10.1. The first kappa shape index (κ1) is 17.0. The number of nitrogens with one attached hydrogen (secondary N) is 2. The molecule has 0 aliphatic carbocycles. The van der Waals surface area contributed by atoms with Crippen molar-refractivity contribution in [1.82, 2.24) is 4.72 Å². The average molecular weight is 348 g/mol. The van der Waals surface area contributed by atoms with Crippen LogP contribution in [0.2, 0.25) is 0 Å². The summed E-state index contributed by atoms with van der Waals surface area (Å²) in [5, 5.41) is 0.351. The van der Waals surface area contributed by atoms with E-state index < -0.39 is 10.0 Å². The summed E-state index contributed by atoms with van der Waals surface area (Å²) in [4.78, 5) is 0.356. The van der Waals surface area contributed by atoms with Crippen molar-refractivity contribution in [2.45, 2.75) is 24.0 Å². The molecule has 118 valence electrons. The van der Waals surface area contributed by atoms with Crippen LogP contribution in [0.4, 0.5) is 5.69 Å². The number of thioether (sulfide) groups is 2. The van der Waals surface area contributed by atoms with E-state index in [0.717, 1.165) is 17.3 Å². The minimum absolute atomic E-state index is 0.351. The Balaban J connectivity index is 2.15. The average Bonchev–Trinajstić information content (AvgIpc) is 2.45. The highest BCUT2D eigenvalue weighted by atomic mass is 32.2. The summed E-state index contributed by atoms with van der Waals surface area (Å²) < 4.78 is 27.8. The third-order valence-corrected chi connectivity index (χ3v) is 7.85. The Morgan fingerprint density at radius 1 is 1.29 bits per heavy atom. The van der Waals surface area contributed by atoms with Crippen molar-refractivity contribution in [3.63, 3.8) is 0 Å². The summed E-state index contributed by atoms with van der Waals surface area (Å²) in [5.41, 5.74) is 4.65. The Hall–Kier alpha value is -0.410. The molecular formula is C13H21N3O2S3. The Labute approximate surface area is 134 Å². The first-order valence-corrected chi connectivity index (χ1v) is 10.4. The van der Waals surface area contributed by atoms with Gasteiger partial charge in [0.2, 0.25) is 10.0 Å². The number of hydrazine groups is 1. The van der Waals surface area contributed by atoms with Crippen LogP contribution in [-0.2, 0) is 10.0 Å². The van der Waals surface area contributed by atoms with Gasteiger partial charge < -0.3 is 5.43 Å². The van der Waals surface area contributed by atoms with Crippen molar-refractivity contribution in [3.8, 4) is 0 Å². The van der Waals surface area contributed by atoms with E-state index >= 15 is 0 Å². The van der Waals surface area contributed by atoms with Crippen molar-refractivity contribution in [3.05, 3.63) is 23.3 Å². The SMILES string of the molecule is Cc1cc(NN)cc(C)c1S(=O)(=O)NCC1CSCCS1. The lowest BCUT2D eigenvalue weighted by Crippen LogP contribution is -2.34. The van der Waals surface area contributed by atoms with E-state index in [-0.39, 0.29) is 0 Å². The van der Waals surface area contributed by atoms with Gasteiger partial charge in [-0.05, 0) is 37.1 Å². The van der Waals surface area contributed by atoms with Crippen LogP contribution >= 0.6 is 23.5 Å². The van der Waals surface area contributed by atoms with Crippen LogP contribution in [0.5, 0.6) is 0 Å². The Morgan fingerprint density at radius 3 is 2.48 bits per heavy atom. The van der Waals surface area contributed by atoms with Gasteiger partial charge in [-0.3, -0.25) is 5.84 Å². The molecule has 1 unspecified atom stereocenters. The smallest absolute Gasteiger partial charge is 0.241 e. The molecule has 1 aromatic rings. The molecule has 21 heavy (non-hydrogen) atoms. The van der Waals surface area contributed by atoms with Crippen molar-refractivity contribution in [2.24, 2.45) is 5.84 Å². The maximum Gasteiger partial charge on any atom is 0.241 e. The van der Waals surface area contributed by atoms with Crippen LogP contribution in [0.1, 0.15) is 11.1 Å². The molecule has 4 N–H and O–H groups in total. The molecular weight excluding hydrogens is 326 g/mol. The van der Waals surface area contributed by atoms with E-state index in [1.807, 2.05) is 23.5 Å². The molecule has 1 aliphatic heterocycles. The van der Waals surface area contributed by atoms with E-state index in [2.05, 4.69) is 10.1 Å². The van der Waals surface area contributed by atoms with Crippen LogP contribution in [0.15, 0.2) is 17.0 Å². The quantitative estimate of drug-likeness (QED) is 0.555. The summed E-state index contributed by atoms with van der Waals surface area (Å²) in [5.74, 6) is 8.63. The fourth-order valence-corrected chi connectivity index (χ4v) is 6.63. The lowest BCUT2D eigenvalue weighted by molar-refractivity contribution is 0.580. The fraction of sp³-hybridized carbons (Fsp3) is 0.538. The Bertz CT molecular complexity index is 576. The molecule has 1 atom stereocenters. The standard InChI is InChI=1S/C13H21N3O2S3/c1-9-5-11(16-14)6-10(2)13(9)21(17,18)15-7-12-8-19-3-4-20-12/h5-6,12,15-16H,3-4,7-8,14H2,1-2H3. The fourth-order valence-electron chi connectivity index (χ4n) is 2.39. The number of hydrogen-bond donors (Lipinski definition) is 3. The van der Waals surface area contributed by atoms with Crippen LogP contribution < -0.4 is 16.0 Å². The molecule has 0 radical (unpaired) electrons. The molecule has 0 spiro atoms. The predicted octanol–water partition coefficient (Wildman–Crippen LogP) is 1.72. The first-order chi connectivity index (χ1) is 9.94. The number of nitrogens with two attached hydrogens (primary N) is 1. The molecule has 1 aliphatic rings. The van der Waals surface area contributed by atoms with Crippen molar-refractivity contribution in [1.29, 1.82) is 0 Å². The largest absolute Gasteiger partial charge is 0.324 e. The summed E-state index contributed by atoms with van der Waals surface area (Å²) in [6.07, 6.45) is 0. The maximum absolute atomic E-state index is 12.5. The van der Waals surface area contributed by atoms with Gasteiger partial charge in [0.15, 0.2) is 0 Å². The topological polar surface area (TPSA) is 84.2 Å². The summed E-state index contributed by atoms with van der Waals surface area (Å²) >= 11 is 3.72. The lowest BCUT2D eigenvalue weighted by Gasteiger charge is -2.22. The minimum Gasteiger partial charge on any atom is -0.324 e. The van der Waals surface area contributed by atoms with Gasteiger partial charge in [-0.1, -0.05) is 0 Å². The second-order valence-electron chi connectivity index (χ2n) is 5.00. The molecule has 8 heteroatoms. The highest BCUT2D eigenvalue weighted by Crippen LogP contribution is 2.26. The minimum atomic E-state index is -3.49. The Kier molecular flexibility index (Phi) is 5.84. The van der Waals surface area contributed by atoms with Crippen molar-refractivity contribution >= 4 is 39.2 Å². The van der Waals surface area contributed by atoms with Gasteiger partial charge >= 0.3 is 0 Å². The molecule has 5 nitrogen and oxygen atoms in total. The molecule has 0 bridgehead atoms. The molecule has 2 rings (SSSR count). The molecule has 1 heterocycles. The van der Waals surface area contributed by atoms with Gasteiger partial charge in [-0.15, -0.1) is 0 Å². The summed E-state index contributed by atoms with van der Waals surface area (Å²) in [6.45, 7) is 4.05. The van der Waals surface area contributed by atoms with Gasteiger partial charge in [-0.25, -0.2) is 13.1 Å². The zero-order valence-electron chi connectivity index (χ0n) is 12.2. The number of rotatable bonds is 5. The van der Waals surface area contributed by atoms with Crippen LogP contribution in [0, 0.1) is 13.8 Å². The van der Waals surface area contributed by atoms with Crippen LogP contribution in [0.3, 0.4) is 0 Å². The number of hydrogen-bond acceptors (Lipinski definition) is 6. The second-order valence-corrected chi connectivity index (χ2v) is 9.26. The van der Waals surface area contributed by atoms with E-state index in [4.69, 9.17) is 5.84 Å². The third-order valence-electron chi connectivity index (χ3n) is 3.28. The zero-order chi connectivity index (χ0) is 15.5. The van der Waals surface area contributed by atoms with Crippen molar-refractivity contribution in [2.75, 3.05) is 29.2 Å². The third kappa shape index (κ3) is 4.29. The molecule has 0 amide bonds. The maximum atomic E-state index is 12.5. The van der Waals surface area contributed by atoms with Crippen LogP contribution in [-0.4, -0.2) is 37.5 Å². The monoisotopic (exact) mass is 347 g/mol. The van der Waals surface area contributed by atoms with Crippen molar-refractivity contribution < 1.29 is 8.42 Å².